The van der Waals surface area contributed by atoms with Gasteiger partial charge in [0.1, 0.15) is 18.2 Å². The predicted molar refractivity (Wildman–Crippen MR) is 153 cm³/mol. The Morgan fingerprint density at radius 2 is 1.20 bits per heavy atom. The molecule has 0 bridgehead atoms. The van der Waals surface area contributed by atoms with Crippen molar-refractivity contribution in [2.45, 2.75) is 113 Å². The molecule has 1 rings (SSSR count). The molecule has 1 aromatic carbocycles. The van der Waals surface area contributed by atoms with E-state index in [1.165, 1.54) is 6.07 Å². The van der Waals surface area contributed by atoms with Gasteiger partial charge in [0.2, 0.25) is 0 Å². The lowest BCUT2D eigenvalue weighted by atomic mass is 9.98. The minimum atomic E-state index is -1.03. The molecule has 2 N–H and O–H groups in total. The number of rotatable bonds is 16. The molecule has 0 aromatic heterocycles. The minimum absolute atomic E-state index is 0.0844. The highest BCUT2D eigenvalue weighted by molar-refractivity contribution is 5.78. The third-order valence-corrected chi connectivity index (χ3v) is 7.28. The van der Waals surface area contributed by atoms with Crippen molar-refractivity contribution in [1.29, 1.82) is 0 Å². The number of carbonyl (C=O) groups excluding carboxylic acids is 4. The van der Waals surface area contributed by atoms with Crippen molar-refractivity contribution in [1.82, 2.24) is 0 Å². The standard InChI is InChI=1S/C31H49NO8/c1-10-19(5)14-28(33)39-26-13-12-24(17-27(26)40-29(34)15-20(6)11-2)16-25(32)31(36)38-23(9)22(8)37-30(35)21(7)18(3)4/h12-13,17-23,25H,10-11,14-16,32H2,1-9H3/t19?,20?,21?,22?,23-,25-/m0/s1. The first kappa shape index (κ1) is 35.1. The second-order valence-electron chi connectivity index (χ2n) is 11.3. The van der Waals surface area contributed by atoms with Gasteiger partial charge in [0.15, 0.2) is 11.5 Å². The predicted octanol–water partition coefficient (Wildman–Crippen LogP) is 5.40. The summed E-state index contributed by atoms with van der Waals surface area (Å²) in [5, 5.41) is 0. The van der Waals surface area contributed by atoms with E-state index in [-0.39, 0.29) is 60.4 Å². The van der Waals surface area contributed by atoms with Crippen LogP contribution in [-0.4, -0.2) is 42.1 Å². The number of benzene rings is 1. The first-order valence-corrected chi connectivity index (χ1v) is 14.4. The Kier molecular flexibility index (Phi) is 14.9. The van der Waals surface area contributed by atoms with E-state index >= 15 is 0 Å². The summed E-state index contributed by atoms with van der Waals surface area (Å²) < 4.78 is 22.0. The van der Waals surface area contributed by atoms with Gasteiger partial charge in [-0.3, -0.25) is 19.2 Å². The Morgan fingerprint density at radius 3 is 1.68 bits per heavy atom. The number of hydrogen-bond donors (Lipinski definition) is 1. The molecule has 9 nitrogen and oxygen atoms in total. The molecule has 0 amide bonds. The zero-order chi connectivity index (χ0) is 30.6. The van der Waals surface area contributed by atoms with Crippen LogP contribution >= 0.6 is 0 Å². The lowest BCUT2D eigenvalue weighted by Gasteiger charge is -2.24. The Morgan fingerprint density at radius 1 is 0.725 bits per heavy atom. The second kappa shape index (κ2) is 17.0. The van der Waals surface area contributed by atoms with Gasteiger partial charge in [0.25, 0.3) is 0 Å². The van der Waals surface area contributed by atoms with E-state index in [9.17, 15) is 19.2 Å². The van der Waals surface area contributed by atoms with Crippen LogP contribution in [0.15, 0.2) is 18.2 Å². The summed E-state index contributed by atoms with van der Waals surface area (Å²) in [6.07, 6.45) is 0.824. The van der Waals surface area contributed by atoms with Gasteiger partial charge in [-0.2, -0.15) is 0 Å². The van der Waals surface area contributed by atoms with Gasteiger partial charge >= 0.3 is 23.9 Å². The molecular formula is C31H49NO8. The summed E-state index contributed by atoms with van der Waals surface area (Å²) in [4.78, 5) is 49.9. The van der Waals surface area contributed by atoms with Crippen LogP contribution in [0.3, 0.4) is 0 Å². The van der Waals surface area contributed by atoms with E-state index in [0.717, 1.165) is 12.8 Å². The average Bonchev–Trinajstić information content (AvgIpc) is 2.88. The molecule has 40 heavy (non-hydrogen) atoms. The maximum atomic E-state index is 12.7. The van der Waals surface area contributed by atoms with Gasteiger partial charge in [-0.15, -0.1) is 0 Å². The summed E-state index contributed by atoms with van der Waals surface area (Å²) in [5.41, 5.74) is 6.73. The molecule has 6 atom stereocenters. The first-order valence-electron chi connectivity index (χ1n) is 14.4. The largest absolute Gasteiger partial charge is 0.459 e. The van der Waals surface area contributed by atoms with Crippen LogP contribution in [0.5, 0.6) is 11.5 Å². The van der Waals surface area contributed by atoms with Crippen LogP contribution < -0.4 is 15.2 Å². The van der Waals surface area contributed by atoms with Crippen molar-refractivity contribution in [3.8, 4) is 11.5 Å². The van der Waals surface area contributed by atoms with Gasteiger partial charge in [-0.25, -0.2) is 0 Å². The maximum absolute atomic E-state index is 12.7. The zero-order valence-corrected chi connectivity index (χ0v) is 25.7. The SMILES string of the molecule is CCC(C)CC(=O)Oc1ccc(C[C@H](N)C(=O)O[C@@H](C)C(C)OC(=O)C(C)C(C)C)cc1OC(=O)CC(C)CC. The van der Waals surface area contributed by atoms with Gasteiger partial charge in [-0.1, -0.05) is 67.4 Å². The van der Waals surface area contributed by atoms with Crippen molar-refractivity contribution in [2.75, 3.05) is 0 Å². The first-order chi connectivity index (χ1) is 18.7. The molecule has 0 fully saturated rings. The summed E-state index contributed by atoms with van der Waals surface area (Å²) in [5.74, 6) is -1.53. The van der Waals surface area contributed by atoms with Crippen LogP contribution in [0.2, 0.25) is 0 Å². The highest BCUT2D eigenvalue weighted by Crippen LogP contribution is 2.31. The van der Waals surface area contributed by atoms with E-state index in [4.69, 9.17) is 24.7 Å². The van der Waals surface area contributed by atoms with Gasteiger partial charge in [-0.05, 0) is 55.7 Å². The summed E-state index contributed by atoms with van der Waals surface area (Å²) in [6, 6.07) is 3.72. The van der Waals surface area contributed by atoms with Crippen LogP contribution in [0.4, 0.5) is 0 Å². The van der Waals surface area contributed by atoms with Crippen LogP contribution in [0, 0.1) is 23.7 Å². The fraction of sp³-hybridized carbons (Fsp3) is 0.677. The second-order valence-corrected chi connectivity index (χ2v) is 11.3. The fourth-order valence-corrected chi connectivity index (χ4v) is 3.39. The number of ether oxygens (including phenoxy) is 4. The van der Waals surface area contributed by atoms with E-state index < -0.39 is 36.2 Å². The average molecular weight is 564 g/mol. The Bertz CT molecular complexity index is 992. The van der Waals surface area contributed by atoms with Crippen LogP contribution in [-0.2, 0) is 35.1 Å². The highest BCUT2D eigenvalue weighted by atomic mass is 16.6. The molecular weight excluding hydrogens is 514 g/mol. The van der Waals surface area contributed by atoms with Gasteiger partial charge in [0, 0.05) is 12.8 Å². The van der Waals surface area contributed by atoms with Crippen LogP contribution in [0.1, 0.15) is 93.6 Å². The molecule has 0 saturated carbocycles. The molecule has 0 radical (unpaired) electrons. The third-order valence-electron chi connectivity index (χ3n) is 7.28. The maximum Gasteiger partial charge on any atom is 0.323 e. The molecule has 0 spiro atoms. The zero-order valence-electron chi connectivity index (χ0n) is 25.7. The highest BCUT2D eigenvalue weighted by Gasteiger charge is 2.27. The number of hydrogen-bond acceptors (Lipinski definition) is 9. The van der Waals surface area contributed by atoms with E-state index in [1.807, 2.05) is 41.5 Å². The molecule has 9 heteroatoms. The number of carbonyl (C=O) groups is 4. The monoisotopic (exact) mass is 563 g/mol. The van der Waals surface area contributed by atoms with E-state index in [2.05, 4.69) is 0 Å². The molecule has 0 aliphatic heterocycles. The van der Waals surface area contributed by atoms with Crippen molar-refractivity contribution in [3.05, 3.63) is 23.8 Å². The summed E-state index contributed by atoms with van der Waals surface area (Å²) >= 11 is 0. The number of nitrogens with two attached hydrogens (primary N) is 1. The molecule has 0 aliphatic rings. The van der Waals surface area contributed by atoms with Gasteiger partial charge < -0.3 is 24.7 Å². The Hall–Kier alpha value is -2.94. The molecule has 0 aliphatic carbocycles. The quantitative estimate of drug-likeness (QED) is 0.207. The summed E-state index contributed by atoms with van der Waals surface area (Å²) in [6.45, 7) is 16.8. The minimum Gasteiger partial charge on any atom is -0.459 e. The van der Waals surface area contributed by atoms with Crippen molar-refractivity contribution < 1.29 is 38.1 Å². The lowest BCUT2D eigenvalue weighted by Crippen LogP contribution is -2.40. The normalized spacial score (nSPS) is 15.8. The van der Waals surface area contributed by atoms with Crippen molar-refractivity contribution in [2.24, 2.45) is 29.4 Å². The van der Waals surface area contributed by atoms with Gasteiger partial charge in [0.05, 0.1) is 5.92 Å². The van der Waals surface area contributed by atoms with Crippen molar-refractivity contribution in [3.63, 3.8) is 0 Å². The molecule has 0 saturated heterocycles. The Balaban J connectivity index is 2.96. The van der Waals surface area contributed by atoms with Crippen molar-refractivity contribution >= 4 is 23.9 Å². The fourth-order valence-electron chi connectivity index (χ4n) is 3.39. The Labute approximate surface area is 239 Å². The van der Waals surface area contributed by atoms with E-state index in [1.54, 1.807) is 32.9 Å². The third kappa shape index (κ3) is 12.1. The molecule has 226 valence electrons. The lowest BCUT2D eigenvalue weighted by molar-refractivity contribution is -0.169. The van der Waals surface area contributed by atoms with E-state index in [0.29, 0.717) is 5.56 Å². The molecule has 4 unspecified atom stereocenters. The smallest absolute Gasteiger partial charge is 0.323 e. The molecule has 0 heterocycles. The topological polar surface area (TPSA) is 131 Å². The summed E-state index contributed by atoms with van der Waals surface area (Å²) in [7, 11) is 0. The van der Waals surface area contributed by atoms with Crippen LogP contribution in [0.25, 0.3) is 0 Å². The molecule has 1 aromatic rings. The number of esters is 4.